The number of nitrogens with zero attached hydrogens (tertiary/aromatic N) is 4. The van der Waals surface area contributed by atoms with Crippen molar-refractivity contribution < 1.29 is 9.90 Å². The molecule has 0 amide bonds. The van der Waals surface area contributed by atoms with Crippen molar-refractivity contribution in [3.63, 3.8) is 0 Å². The molecule has 2 heterocycles. The van der Waals surface area contributed by atoms with Gasteiger partial charge in [-0.25, -0.2) is 24.1 Å². The number of benzene rings is 2. The summed E-state index contributed by atoms with van der Waals surface area (Å²) in [6.07, 6.45) is 0.835. The summed E-state index contributed by atoms with van der Waals surface area (Å²) in [6, 6.07) is 12.5. The van der Waals surface area contributed by atoms with Crippen molar-refractivity contribution >= 4 is 44.8 Å². The molecule has 2 N–H and O–H groups in total. The van der Waals surface area contributed by atoms with Crippen LogP contribution in [0.1, 0.15) is 30.3 Å². The molecule has 2 aromatic heterocycles. The quantitative estimate of drug-likeness (QED) is 0.385. The highest BCUT2D eigenvalue weighted by Gasteiger charge is 2.11. The fraction of sp³-hybridized carbons (Fsp3) is 0.261. The van der Waals surface area contributed by atoms with Gasteiger partial charge in [0.05, 0.1) is 27.5 Å². The molecule has 0 atom stereocenters. The number of carbonyl (C=O) groups is 1. The lowest BCUT2D eigenvalue weighted by Crippen LogP contribution is -2.50. The first-order chi connectivity index (χ1) is 16.3. The van der Waals surface area contributed by atoms with Crippen LogP contribution < -0.4 is 17.0 Å². The summed E-state index contributed by atoms with van der Waals surface area (Å²) in [4.78, 5) is 48.6. The molecule has 34 heavy (non-hydrogen) atoms. The van der Waals surface area contributed by atoms with Crippen LogP contribution in [0.5, 0.6) is 0 Å². The van der Waals surface area contributed by atoms with Crippen LogP contribution in [0.25, 0.3) is 10.2 Å². The molecule has 0 aliphatic carbocycles. The Morgan fingerprint density at radius 2 is 1.94 bits per heavy atom. The molecule has 0 saturated heterocycles. The first-order valence-corrected chi connectivity index (χ1v) is 11.9. The minimum atomic E-state index is -0.991. The molecule has 0 saturated carbocycles. The normalized spacial score (nSPS) is 11.9. The lowest BCUT2D eigenvalue weighted by molar-refractivity contribution is -0.137. The molecule has 4 rings (SSSR count). The number of aromatic amines is 1. The van der Waals surface area contributed by atoms with E-state index in [0.717, 1.165) is 31.8 Å². The Bertz CT molecular complexity index is 1530. The van der Waals surface area contributed by atoms with Crippen molar-refractivity contribution in [2.45, 2.75) is 39.3 Å². The van der Waals surface area contributed by atoms with Gasteiger partial charge in [0, 0.05) is 18.0 Å². The van der Waals surface area contributed by atoms with Crippen LogP contribution >= 0.6 is 22.9 Å². The highest BCUT2D eigenvalue weighted by atomic mass is 35.5. The Balaban J connectivity index is 1.82. The molecule has 9 nitrogen and oxygen atoms in total. The van der Waals surface area contributed by atoms with Gasteiger partial charge in [-0.05, 0) is 48.7 Å². The number of halogens is 1. The second-order valence-corrected chi connectivity index (χ2v) is 9.17. The van der Waals surface area contributed by atoms with Gasteiger partial charge in [-0.2, -0.15) is 0 Å². The van der Waals surface area contributed by atoms with E-state index in [1.54, 1.807) is 41.7 Å². The first kappa shape index (κ1) is 23.7. The molecule has 2 aromatic carbocycles. The molecule has 4 aromatic rings. The highest BCUT2D eigenvalue weighted by molar-refractivity contribution is 7.18. The van der Waals surface area contributed by atoms with Crippen molar-refractivity contribution in [2.24, 2.45) is 4.99 Å². The zero-order valence-corrected chi connectivity index (χ0v) is 19.9. The van der Waals surface area contributed by atoms with Crippen LogP contribution in [0.15, 0.2) is 57.0 Å². The maximum atomic E-state index is 13.3. The minimum absolute atomic E-state index is 0.0199. The van der Waals surface area contributed by atoms with Gasteiger partial charge in [0.2, 0.25) is 5.62 Å². The van der Waals surface area contributed by atoms with E-state index in [1.165, 1.54) is 4.57 Å². The number of hydrogen-bond donors (Lipinski definition) is 2. The second kappa shape index (κ2) is 10.2. The number of carboxylic acid groups (broad SMARTS) is 1. The second-order valence-electron chi connectivity index (χ2n) is 7.62. The number of H-pyrrole nitrogens is 1. The van der Waals surface area contributed by atoms with Gasteiger partial charge in [-0.15, -0.1) is 11.3 Å². The van der Waals surface area contributed by atoms with Gasteiger partial charge in [0.25, 0.3) is 0 Å². The summed E-state index contributed by atoms with van der Waals surface area (Å²) in [7, 11) is 0. The summed E-state index contributed by atoms with van der Waals surface area (Å²) in [6.45, 7) is 2.17. The number of aryl methyl sites for hydroxylation is 1. The Kier molecular flexibility index (Phi) is 7.09. The molecule has 0 spiro atoms. The summed E-state index contributed by atoms with van der Waals surface area (Å²) in [5.74, 6) is -0.991. The standard InChI is InChI=1S/C23H22ClN5O4S/c1-2-19-26-17-10-9-16(12-18(17)34-19)25-21-27-22(32)28(11-3-4-20(30)31)23(33)29(21)13-14-5-7-15(24)8-6-14/h5-10,12H,2-4,11,13H2,1H3,(H,30,31)(H,25,27,32). The monoisotopic (exact) mass is 499 g/mol. The summed E-state index contributed by atoms with van der Waals surface area (Å²) >= 11 is 7.56. The van der Waals surface area contributed by atoms with Gasteiger partial charge >= 0.3 is 17.3 Å². The van der Waals surface area contributed by atoms with Crippen molar-refractivity contribution in [1.29, 1.82) is 0 Å². The number of carboxylic acids is 1. The number of fused-ring (bicyclic) bond motifs is 1. The molecule has 0 radical (unpaired) electrons. The van der Waals surface area contributed by atoms with Gasteiger partial charge in [0.1, 0.15) is 0 Å². The predicted octanol–water partition coefficient (Wildman–Crippen LogP) is 3.31. The zero-order valence-electron chi connectivity index (χ0n) is 18.3. The van der Waals surface area contributed by atoms with Crippen molar-refractivity contribution in [2.75, 3.05) is 0 Å². The van der Waals surface area contributed by atoms with E-state index in [0.29, 0.717) is 10.7 Å². The minimum Gasteiger partial charge on any atom is -0.481 e. The van der Waals surface area contributed by atoms with Crippen molar-refractivity contribution in [1.82, 2.24) is 19.1 Å². The van der Waals surface area contributed by atoms with Crippen LogP contribution in [-0.2, 0) is 24.3 Å². The Morgan fingerprint density at radius 1 is 1.18 bits per heavy atom. The summed E-state index contributed by atoms with van der Waals surface area (Å²) in [5, 5.41) is 10.5. The number of thiazole rings is 1. The van der Waals surface area contributed by atoms with Crippen LogP contribution in [-0.4, -0.2) is 30.2 Å². The summed E-state index contributed by atoms with van der Waals surface area (Å²) < 4.78 is 3.32. The van der Waals surface area contributed by atoms with Gasteiger partial charge in [-0.3, -0.25) is 14.3 Å². The number of nitrogens with one attached hydrogen (secondary N) is 1. The van der Waals surface area contributed by atoms with E-state index in [-0.39, 0.29) is 31.5 Å². The fourth-order valence-corrected chi connectivity index (χ4v) is 4.51. The van der Waals surface area contributed by atoms with Crippen molar-refractivity contribution in [3.05, 3.63) is 84.6 Å². The van der Waals surface area contributed by atoms with Crippen LogP contribution in [0, 0.1) is 0 Å². The maximum absolute atomic E-state index is 13.3. The molecular formula is C23H22ClN5O4S. The maximum Gasteiger partial charge on any atom is 0.335 e. The van der Waals surface area contributed by atoms with Gasteiger partial charge in [0.15, 0.2) is 0 Å². The molecule has 11 heteroatoms. The third-order valence-corrected chi connectivity index (χ3v) is 6.58. The highest BCUT2D eigenvalue weighted by Crippen LogP contribution is 2.26. The average molecular weight is 500 g/mol. The Labute approximate surface area is 202 Å². The van der Waals surface area contributed by atoms with Crippen molar-refractivity contribution in [3.8, 4) is 0 Å². The molecular weight excluding hydrogens is 478 g/mol. The fourth-order valence-electron chi connectivity index (χ4n) is 3.45. The Morgan fingerprint density at radius 3 is 2.65 bits per heavy atom. The molecule has 0 aliphatic rings. The largest absolute Gasteiger partial charge is 0.481 e. The van der Waals surface area contributed by atoms with E-state index < -0.39 is 17.3 Å². The SMILES string of the molecule is CCc1nc2ccc(/N=c3\[nH]c(=O)n(CCCC(=O)O)c(=O)n3Cc3ccc(Cl)cc3)cc2s1. The lowest BCUT2D eigenvalue weighted by Gasteiger charge is -2.11. The number of rotatable bonds is 8. The van der Waals surface area contributed by atoms with E-state index in [9.17, 15) is 14.4 Å². The lowest BCUT2D eigenvalue weighted by atomic mass is 10.2. The summed E-state index contributed by atoms with van der Waals surface area (Å²) in [5.41, 5.74) is 1.11. The number of aliphatic carboxylic acids is 1. The van der Waals surface area contributed by atoms with E-state index >= 15 is 0 Å². The van der Waals surface area contributed by atoms with Crippen LogP contribution in [0.2, 0.25) is 5.02 Å². The number of aromatic nitrogens is 4. The molecule has 0 aliphatic heterocycles. The molecule has 0 unspecified atom stereocenters. The first-order valence-electron chi connectivity index (χ1n) is 10.7. The predicted molar refractivity (Wildman–Crippen MR) is 131 cm³/mol. The molecule has 176 valence electrons. The molecule has 0 bridgehead atoms. The smallest absolute Gasteiger partial charge is 0.335 e. The zero-order chi connectivity index (χ0) is 24.2. The van der Waals surface area contributed by atoms with Crippen LogP contribution in [0.3, 0.4) is 0 Å². The average Bonchev–Trinajstić information content (AvgIpc) is 3.22. The third-order valence-electron chi connectivity index (χ3n) is 5.16. The van der Waals surface area contributed by atoms with E-state index in [1.807, 2.05) is 19.1 Å². The van der Waals surface area contributed by atoms with Gasteiger partial charge < -0.3 is 5.11 Å². The van der Waals surface area contributed by atoms with E-state index in [4.69, 9.17) is 16.7 Å². The number of hydrogen-bond acceptors (Lipinski definition) is 6. The Hall–Kier alpha value is -3.50. The van der Waals surface area contributed by atoms with Crippen LogP contribution in [0.4, 0.5) is 5.69 Å². The van der Waals surface area contributed by atoms with Gasteiger partial charge in [-0.1, -0.05) is 30.7 Å². The molecule has 0 fully saturated rings. The third kappa shape index (κ3) is 5.35. The van der Waals surface area contributed by atoms with E-state index in [2.05, 4.69) is 15.0 Å². The topological polar surface area (TPSA) is 122 Å².